The summed E-state index contributed by atoms with van der Waals surface area (Å²) in [5.74, 6) is -1.56. The number of H-pyrrole nitrogens is 1. The van der Waals surface area contributed by atoms with E-state index in [0.717, 1.165) is 24.6 Å². The Morgan fingerprint density at radius 2 is 1.94 bits per heavy atom. The summed E-state index contributed by atoms with van der Waals surface area (Å²) in [7, 11) is 0. The van der Waals surface area contributed by atoms with E-state index in [1.54, 1.807) is 12.1 Å². The van der Waals surface area contributed by atoms with Crippen LogP contribution in [0.1, 0.15) is 62.1 Å². The third kappa shape index (κ3) is 5.15. The van der Waals surface area contributed by atoms with Crippen LogP contribution in [-0.2, 0) is 0 Å². The van der Waals surface area contributed by atoms with E-state index in [4.69, 9.17) is 17.3 Å². The maximum absolute atomic E-state index is 12.5. The molecule has 5 nitrogen and oxygen atoms in total. The van der Waals surface area contributed by atoms with Gasteiger partial charge >= 0.3 is 0 Å². The predicted molar refractivity (Wildman–Crippen MR) is 122 cm³/mol. The number of hydrogen-bond donors (Lipinski definition) is 2. The number of aromatic nitrogens is 2. The first-order valence-corrected chi connectivity index (χ1v) is 10.8. The zero-order valence-corrected chi connectivity index (χ0v) is 19.0. The van der Waals surface area contributed by atoms with Gasteiger partial charge in [0.2, 0.25) is 0 Å². The summed E-state index contributed by atoms with van der Waals surface area (Å²) in [6.07, 6.45) is 4.85. The molecule has 0 aliphatic heterocycles. The van der Waals surface area contributed by atoms with Crippen LogP contribution in [0.15, 0.2) is 41.3 Å². The second-order valence-electron chi connectivity index (χ2n) is 9.14. The fourth-order valence-electron chi connectivity index (χ4n) is 4.16. The number of primary amides is 1. The molecule has 32 heavy (non-hydrogen) atoms. The van der Waals surface area contributed by atoms with E-state index in [1.807, 2.05) is 0 Å². The second-order valence-corrected chi connectivity index (χ2v) is 9.55. The van der Waals surface area contributed by atoms with Gasteiger partial charge in [0, 0.05) is 18.0 Å². The van der Waals surface area contributed by atoms with Crippen molar-refractivity contribution in [2.24, 2.45) is 17.1 Å². The summed E-state index contributed by atoms with van der Waals surface area (Å²) in [4.78, 5) is 31.2. The third-order valence-electron chi connectivity index (χ3n) is 6.00. The number of halogens is 3. The van der Waals surface area contributed by atoms with Crippen LogP contribution < -0.4 is 11.2 Å². The fourth-order valence-corrected chi connectivity index (χ4v) is 4.32. The van der Waals surface area contributed by atoms with E-state index in [0.29, 0.717) is 17.4 Å². The Morgan fingerprint density at radius 1 is 1.22 bits per heavy atom. The maximum atomic E-state index is 12.5. The summed E-state index contributed by atoms with van der Waals surface area (Å²) in [6.45, 7) is 6.82. The van der Waals surface area contributed by atoms with Crippen molar-refractivity contribution in [3.63, 3.8) is 0 Å². The van der Waals surface area contributed by atoms with Crippen molar-refractivity contribution in [3.05, 3.63) is 74.8 Å². The highest BCUT2D eigenvalue weighted by Crippen LogP contribution is 2.45. The van der Waals surface area contributed by atoms with Gasteiger partial charge in [-0.2, -0.15) is 0 Å². The van der Waals surface area contributed by atoms with Gasteiger partial charge in [0.1, 0.15) is 5.69 Å². The first-order valence-electron chi connectivity index (χ1n) is 10.4. The number of carbonyl (C=O) groups excluding carboxylic acids is 1. The van der Waals surface area contributed by atoms with Crippen molar-refractivity contribution in [1.82, 2.24) is 9.97 Å². The molecule has 3 N–H and O–H groups in total. The summed E-state index contributed by atoms with van der Waals surface area (Å²) in [5.41, 5.74) is 7.05. The second kappa shape index (κ2) is 9.36. The summed E-state index contributed by atoms with van der Waals surface area (Å²) in [6, 6.07) is 7.00. The SMILES string of the molecule is CC(C)(C)C1CCC(c2cc(=O)c3c(C(N)=O)nccc3[nH]2)C1.Fc1cccc(Cl)c1F. The molecule has 0 radical (unpaired) electrons. The molecule has 2 atom stereocenters. The molecule has 170 valence electrons. The average Bonchev–Trinajstić information content (AvgIpc) is 3.23. The minimum Gasteiger partial charge on any atom is -0.364 e. The van der Waals surface area contributed by atoms with E-state index >= 15 is 0 Å². The first-order chi connectivity index (χ1) is 15.0. The van der Waals surface area contributed by atoms with Crippen molar-refractivity contribution < 1.29 is 13.6 Å². The van der Waals surface area contributed by atoms with Crippen molar-refractivity contribution in [1.29, 1.82) is 0 Å². The highest BCUT2D eigenvalue weighted by atomic mass is 35.5. The number of amides is 1. The van der Waals surface area contributed by atoms with Gasteiger partial charge in [-0.1, -0.05) is 38.4 Å². The topological polar surface area (TPSA) is 88.8 Å². The summed E-state index contributed by atoms with van der Waals surface area (Å²) < 4.78 is 24.3. The Hall–Kier alpha value is -2.80. The molecule has 1 aliphatic rings. The number of nitrogens with one attached hydrogen (secondary N) is 1. The molecule has 1 amide bonds. The van der Waals surface area contributed by atoms with Gasteiger partial charge in [-0.15, -0.1) is 0 Å². The molecule has 1 aromatic carbocycles. The number of hydrogen-bond acceptors (Lipinski definition) is 3. The van der Waals surface area contributed by atoms with Crippen LogP contribution in [0.3, 0.4) is 0 Å². The molecule has 1 fully saturated rings. The Balaban J connectivity index is 0.000000269. The van der Waals surface area contributed by atoms with Crippen molar-refractivity contribution in [2.45, 2.75) is 46.0 Å². The number of fused-ring (bicyclic) bond motifs is 1. The molecule has 0 bridgehead atoms. The lowest BCUT2D eigenvalue weighted by molar-refractivity contribution is 0.0997. The largest absolute Gasteiger partial charge is 0.364 e. The molecular weight excluding hydrogens is 436 g/mol. The number of aromatic amines is 1. The molecule has 0 spiro atoms. The number of pyridine rings is 2. The Labute approximate surface area is 190 Å². The van der Waals surface area contributed by atoms with Crippen LogP contribution >= 0.6 is 11.6 Å². The lowest BCUT2D eigenvalue weighted by Gasteiger charge is -2.27. The zero-order valence-electron chi connectivity index (χ0n) is 18.2. The summed E-state index contributed by atoms with van der Waals surface area (Å²) >= 11 is 5.20. The van der Waals surface area contributed by atoms with E-state index in [1.165, 1.54) is 24.8 Å². The minimum atomic E-state index is -0.987. The van der Waals surface area contributed by atoms with Gasteiger partial charge in [-0.25, -0.2) is 8.78 Å². The first kappa shape index (κ1) is 23.9. The average molecular weight is 462 g/mol. The normalized spacial score (nSPS) is 18.3. The minimum absolute atomic E-state index is 0.0364. The lowest BCUT2D eigenvalue weighted by Crippen LogP contribution is -2.19. The van der Waals surface area contributed by atoms with E-state index < -0.39 is 17.5 Å². The van der Waals surface area contributed by atoms with Gasteiger partial charge in [0.25, 0.3) is 5.91 Å². The summed E-state index contributed by atoms with van der Waals surface area (Å²) in [5, 5.41) is 0.101. The van der Waals surface area contributed by atoms with Crippen LogP contribution in [0, 0.1) is 23.0 Å². The molecule has 0 saturated heterocycles. The number of carbonyl (C=O) groups is 1. The van der Waals surface area contributed by atoms with Crippen LogP contribution in [0.2, 0.25) is 5.02 Å². The van der Waals surface area contributed by atoms with E-state index in [9.17, 15) is 18.4 Å². The fraction of sp³-hybridized carbons (Fsp3) is 0.375. The van der Waals surface area contributed by atoms with Crippen LogP contribution in [0.25, 0.3) is 10.9 Å². The molecule has 8 heteroatoms. The van der Waals surface area contributed by atoms with Gasteiger partial charge in [0.15, 0.2) is 17.1 Å². The Kier molecular flexibility index (Phi) is 6.98. The monoisotopic (exact) mass is 461 g/mol. The number of rotatable bonds is 2. The smallest absolute Gasteiger partial charge is 0.268 e. The molecular formula is C24H26ClF2N3O2. The van der Waals surface area contributed by atoms with Gasteiger partial charge in [0.05, 0.1) is 15.9 Å². The molecule has 1 aliphatic carbocycles. The zero-order chi connectivity index (χ0) is 23.6. The predicted octanol–water partition coefficient (Wildman–Crippen LogP) is 5.57. The van der Waals surface area contributed by atoms with E-state index in [2.05, 4.69) is 30.7 Å². The number of nitrogens with zero attached hydrogens (tertiary/aromatic N) is 1. The number of nitrogens with two attached hydrogens (primary N) is 1. The van der Waals surface area contributed by atoms with Crippen molar-refractivity contribution >= 4 is 28.4 Å². The molecule has 2 aromatic heterocycles. The van der Waals surface area contributed by atoms with Crippen LogP contribution in [0.5, 0.6) is 0 Å². The quantitative estimate of drug-likeness (QED) is 0.489. The van der Waals surface area contributed by atoms with Crippen molar-refractivity contribution in [2.75, 3.05) is 0 Å². The number of benzene rings is 1. The third-order valence-corrected chi connectivity index (χ3v) is 6.29. The molecule has 2 unspecified atom stereocenters. The van der Waals surface area contributed by atoms with Gasteiger partial charge in [-0.3, -0.25) is 14.6 Å². The maximum Gasteiger partial charge on any atom is 0.268 e. The molecule has 2 heterocycles. The highest BCUT2D eigenvalue weighted by molar-refractivity contribution is 6.30. The molecule has 3 aromatic rings. The van der Waals surface area contributed by atoms with Gasteiger partial charge < -0.3 is 10.7 Å². The van der Waals surface area contributed by atoms with Crippen LogP contribution in [0.4, 0.5) is 8.78 Å². The standard InChI is InChI=1S/C18H23N3O2.C6H3ClF2/c1-18(2,3)11-5-4-10(8-11)13-9-14(22)15-12(21-13)6-7-20-16(15)17(19)23;7-4-2-1-3-5(8)6(4)9/h6-7,9-11H,4-5,8H2,1-3H3,(H2,19,23)(H,21,22);1-3H. The van der Waals surface area contributed by atoms with Crippen LogP contribution in [-0.4, -0.2) is 15.9 Å². The van der Waals surface area contributed by atoms with Gasteiger partial charge in [-0.05, 0) is 54.7 Å². The lowest BCUT2D eigenvalue weighted by atomic mass is 9.79. The Bertz CT molecular complexity index is 1180. The highest BCUT2D eigenvalue weighted by Gasteiger charge is 2.34. The Morgan fingerprint density at radius 3 is 2.50 bits per heavy atom. The molecule has 4 rings (SSSR count). The molecule has 1 saturated carbocycles. The van der Waals surface area contributed by atoms with E-state index in [-0.39, 0.29) is 26.9 Å². The van der Waals surface area contributed by atoms with Crippen molar-refractivity contribution in [3.8, 4) is 0 Å².